The Balaban J connectivity index is 1.68. The maximum atomic E-state index is 13.0. The number of aliphatic hydroxyl groups is 1. The number of rotatable bonds is 5. The summed E-state index contributed by atoms with van der Waals surface area (Å²) in [4.78, 5) is 4.45. The van der Waals surface area contributed by atoms with Crippen molar-refractivity contribution >= 4 is 11.5 Å². The molecular formula is C20H17FN4O. The van der Waals surface area contributed by atoms with E-state index in [1.165, 1.54) is 12.1 Å². The van der Waals surface area contributed by atoms with Gasteiger partial charge in [-0.05, 0) is 34.9 Å². The van der Waals surface area contributed by atoms with Crippen LogP contribution < -0.4 is 5.32 Å². The Morgan fingerprint density at radius 3 is 2.62 bits per heavy atom. The van der Waals surface area contributed by atoms with Crippen LogP contribution in [0, 0.1) is 5.82 Å². The number of aliphatic hydroxyl groups excluding tert-OH is 1. The number of benzene rings is 2. The molecule has 0 atom stereocenters. The third kappa shape index (κ3) is 3.02. The molecule has 0 aliphatic rings. The Morgan fingerprint density at radius 2 is 1.81 bits per heavy atom. The summed E-state index contributed by atoms with van der Waals surface area (Å²) in [6, 6.07) is 15.9. The lowest BCUT2D eigenvalue weighted by Gasteiger charge is -2.09. The molecule has 0 aliphatic carbocycles. The molecule has 26 heavy (non-hydrogen) atoms. The fraction of sp³-hybridized carbons (Fsp3) is 0.100. The predicted octanol–water partition coefficient (Wildman–Crippen LogP) is 3.64. The van der Waals surface area contributed by atoms with E-state index in [-0.39, 0.29) is 12.4 Å². The number of nitrogens with one attached hydrogen (secondary N) is 1. The molecule has 130 valence electrons. The van der Waals surface area contributed by atoms with Crippen LogP contribution in [0.15, 0.2) is 67.0 Å². The largest absolute Gasteiger partial charge is 0.392 e. The van der Waals surface area contributed by atoms with E-state index in [0.29, 0.717) is 12.2 Å². The first-order valence-electron chi connectivity index (χ1n) is 8.26. The molecule has 2 aromatic carbocycles. The number of nitrogens with zero attached hydrogens (tertiary/aromatic N) is 3. The molecule has 0 amide bonds. The highest BCUT2D eigenvalue weighted by Crippen LogP contribution is 2.28. The van der Waals surface area contributed by atoms with Crippen LogP contribution in [0.1, 0.15) is 11.1 Å². The summed E-state index contributed by atoms with van der Waals surface area (Å²) in [5.41, 5.74) is 4.27. The molecule has 4 rings (SSSR count). The normalized spacial score (nSPS) is 11.0. The van der Waals surface area contributed by atoms with Gasteiger partial charge in [-0.15, -0.1) is 0 Å². The van der Waals surface area contributed by atoms with Crippen LogP contribution in [-0.2, 0) is 13.2 Å². The first-order valence-corrected chi connectivity index (χ1v) is 8.26. The molecule has 0 aliphatic heterocycles. The van der Waals surface area contributed by atoms with Crippen molar-refractivity contribution < 1.29 is 9.50 Å². The monoisotopic (exact) mass is 348 g/mol. The third-order valence-electron chi connectivity index (χ3n) is 4.27. The molecule has 4 aromatic rings. The van der Waals surface area contributed by atoms with Crippen molar-refractivity contribution in [1.82, 2.24) is 14.6 Å². The van der Waals surface area contributed by atoms with Crippen molar-refractivity contribution in [2.24, 2.45) is 0 Å². The molecule has 0 fully saturated rings. The number of anilines is 1. The molecule has 0 saturated carbocycles. The van der Waals surface area contributed by atoms with Crippen molar-refractivity contribution in [3.63, 3.8) is 0 Å². The molecule has 2 N–H and O–H groups in total. The summed E-state index contributed by atoms with van der Waals surface area (Å²) >= 11 is 0. The van der Waals surface area contributed by atoms with Gasteiger partial charge >= 0.3 is 0 Å². The Kier molecular flexibility index (Phi) is 4.33. The fourth-order valence-corrected chi connectivity index (χ4v) is 2.93. The van der Waals surface area contributed by atoms with Crippen LogP contribution in [0.4, 0.5) is 10.2 Å². The average Bonchev–Trinajstić information content (AvgIpc) is 3.12. The standard InChI is InChI=1S/C20H17FN4O/c21-16-7-5-14(6-8-16)11-23-19-9-10-22-20-18(12-24-25(19)20)17-4-2-1-3-15(17)13-26/h1-10,12,23,26H,11,13H2. The number of hydrogen-bond donors (Lipinski definition) is 2. The van der Waals surface area contributed by atoms with E-state index in [0.717, 1.165) is 28.1 Å². The molecule has 0 radical (unpaired) electrons. The molecule has 0 unspecified atom stereocenters. The van der Waals surface area contributed by atoms with Gasteiger partial charge in [-0.1, -0.05) is 36.4 Å². The zero-order valence-corrected chi connectivity index (χ0v) is 13.9. The Hall–Kier alpha value is -3.25. The second kappa shape index (κ2) is 6.93. The second-order valence-corrected chi connectivity index (χ2v) is 5.92. The molecule has 0 saturated heterocycles. The van der Waals surface area contributed by atoms with Gasteiger partial charge in [0.1, 0.15) is 11.6 Å². The van der Waals surface area contributed by atoms with Crippen molar-refractivity contribution in [2.75, 3.05) is 5.32 Å². The Morgan fingerprint density at radius 1 is 1.00 bits per heavy atom. The van der Waals surface area contributed by atoms with Gasteiger partial charge in [0.25, 0.3) is 0 Å². The van der Waals surface area contributed by atoms with E-state index in [1.54, 1.807) is 29.0 Å². The summed E-state index contributed by atoms with van der Waals surface area (Å²) in [6.07, 6.45) is 3.47. The van der Waals surface area contributed by atoms with Crippen LogP contribution in [-0.4, -0.2) is 19.7 Å². The first-order chi connectivity index (χ1) is 12.8. The zero-order valence-electron chi connectivity index (χ0n) is 13.9. The van der Waals surface area contributed by atoms with Gasteiger partial charge in [0, 0.05) is 18.3 Å². The minimum atomic E-state index is -0.251. The Labute approximate surface area is 149 Å². The molecular weight excluding hydrogens is 331 g/mol. The number of hydrogen-bond acceptors (Lipinski definition) is 4. The summed E-state index contributed by atoms with van der Waals surface area (Å²) < 4.78 is 14.8. The fourth-order valence-electron chi connectivity index (χ4n) is 2.93. The topological polar surface area (TPSA) is 62.5 Å². The third-order valence-corrected chi connectivity index (χ3v) is 4.27. The molecule has 0 spiro atoms. The quantitative estimate of drug-likeness (QED) is 0.578. The summed E-state index contributed by atoms with van der Waals surface area (Å²) in [6.45, 7) is 0.498. The molecule has 0 bridgehead atoms. The summed E-state index contributed by atoms with van der Waals surface area (Å²) in [5.74, 6) is 0.534. The molecule has 5 nitrogen and oxygen atoms in total. The maximum Gasteiger partial charge on any atom is 0.165 e. The van der Waals surface area contributed by atoms with Gasteiger partial charge < -0.3 is 10.4 Å². The minimum Gasteiger partial charge on any atom is -0.392 e. The van der Waals surface area contributed by atoms with E-state index in [9.17, 15) is 9.50 Å². The van der Waals surface area contributed by atoms with Gasteiger partial charge in [0.05, 0.1) is 12.8 Å². The molecule has 2 aromatic heterocycles. The van der Waals surface area contributed by atoms with E-state index in [4.69, 9.17) is 0 Å². The average molecular weight is 348 g/mol. The van der Waals surface area contributed by atoms with Gasteiger partial charge in [-0.3, -0.25) is 0 Å². The van der Waals surface area contributed by atoms with Gasteiger partial charge in [0.15, 0.2) is 5.65 Å². The number of halogens is 1. The summed E-state index contributed by atoms with van der Waals surface area (Å²) in [7, 11) is 0. The van der Waals surface area contributed by atoms with Crippen LogP contribution in [0.2, 0.25) is 0 Å². The Bertz CT molecular complexity index is 1040. The van der Waals surface area contributed by atoms with Crippen LogP contribution in [0.3, 0.4) is 0 Å². The minimum absolute atomic E-state index is 0.0456. The van der Waals surface area contributed by atoms with E-state index in [2.05, 4.69) is 15.4 Å². The maximum absolute atomic E-state index is 13.0. The highest BCUT2D eigenvalue weighted by atomic mass is 19.1. The highest BCUT2D eigenvalue weighted by molar-refractivity contribution is 5.80. The van der Waals surface area contributed by atoms with Crippen LogP contribution in [0.25, 0.3) is 16.8 Å². The van der Waals surface area contributed by atoms with Crippen LogP contribution in [0.5, 0.6) is 0 Å². The number of aromatic nitrogens is 3. The van der Waals surface area contributed by atoms with E-state index in [1.807, 2.05) is 30.3 Å². The first kappa shape index (κ1) is 16.2. The molecule has 2 heterocycles. The molecule has 6 heteroatoms. The second-order valence-electron chi connectivity index (χ2n) is 5.92. The van der Waals surface area contributed by atoms with Crippen molar-refractivity contribution in [2.45, 2.75) is 13.2 Å². The van der Waals surface area contributed by atoms with Crippen molar-refractivity contribution in [1.29, 1.82) is 0 Å². The SMILES string of the molecule is OCc1ccccc1-c1cnn2c(NCc3ccc(F)cc3)ccnc12. The highest BCUT2D eigenvalue weighted by Gasteiger charge is 2.13. The predicted molar refractivity (Wildman–Crippen MR) is 98.1 cm³/mol. The number of fused-ring (bicyclic) bond motifs is 1. The van der Waals surface area contributed by atoms with Gasteiger partial charge in [0.2, 0.25) is 0 Å². The van der Waals surface area contributed by atoms with Gasteiger partial charge in [-0.25, -0.2) is 9.37 Å². The van der Waals surface area contributed by atoms with Crippen LogP contribution >= 0.6 is 0 Å². The van der Waals surface area contributed by atoms with Crippen molar-refractivity contribution in [3.05, 3.63) is 83.9 Å². The lowest BCUT2D eigenvalue weighted by atomic mass is 10.0. The lowest BCUT2D eigenvalue weighted by Crippen LogP contribution is -2.05. The zero-order chi connectivity index (χ0) is 17.9. The van der Waals surface area contributed by atoms with E-state index >= 15 is 0 Å². The van der Waals surface area contributed by atoms with Gasteiger partial charge in [-0.2, -0.15) is 9.61 Å². The van der Waals surface area contributed by atoms with E-state index < -0.39 is 0 Å². The van der Waals surface area contributed by atoms with Crippen molar-refractivity contribution in [3.8, 4) is 11.1 Å². The summed E-state index contributed by atoms with van der Waals surface area (Å²) in [5, 5.41) is 17.3. The lowest BCUT2D eigenvalue weighted by molar-refractivity contribution is 0.282. The smallest absolute Gasteiger partial charge is 0.165 e.